The maximum atomic E-state index is 13.5. The van der Waals surface area contributed by atoms with E-state index in [1.807, 2.05) is 5.32 Å². The van der Waals surface area contributed by atoms with E-state index in [0.29, 0.717) is 5.56 Å². The van der Waals surface area contributed by atoms with Crippen LogP contribution in [-0.2, 0) is 13.1 Å². The van der Waals surface area contributed by atoms with Crippen LogP contribution in [0.15, 0.2) is 18.2 Å². The van der Waals surface area contributed by atoms with Gasteiger partial charge in [0.15, 0.2) is 0 Å². The van der Waals surface area contributed by atoms with E-state index in [0.717, 1.165) is 6.07 Å². The largest absolute Gasteiger partial charge is 0.365 e. The number of primary amides is 1. The van der Waals surface area contributed by atoms with Crippen molar-refractivity contribution in [3.8, 4) is 11.3 Å². The number of alkyl halides is 3. The molecule has 1 aliphatic rings. The van der Waals surface area contributed by atoms with Gasteiger partial charge in [0.25, 0.3) is 5.91 Å². The molecule has 1 aliphatic heterocycles. The van der Waals surface area contributed by atoms with Crippen LogP contribution in [-0.4, -0.2) is 58.7 Å². The Morgan fingerprint density at radius 3 is 2.43 bits per heavy atom. The molecule has 0 atom stereocenters. The number of urea groups is 1. The minimum Gasteiger partial charge on any atom is -0.365 e. The van der Waals surface area contributed by atoms with Gasteiger partial charge in [-0.25, -0.2) is 22.4 Å². The van der Waals surface area contributed by atoms with Crippen LogP contribution in [0.3, 0.4) is 0 Å². The molecule has 0 aliphatic carbocycles. The Morgan fingerprint density at radius 2 is 1.87 bits per heavy atom. The smallest absolute Gasteiger partial charge is 0.318 e. The molecule has 1 aromatic heterocycles. The van der Waals surface area contributed by atoms with Crippen molar-refractivity contribution in [1.82, 2.24) is 20.0 Å². The lowest BCUT2D eigenvalue weighted by Gasteiger charge is -2.33. The molecule has 0 saturated heterocycles. The lowest BCUT2D eigenvalue weighted by atomic mass is 10.0. The fourth-order valence-electron chi connectivity index (χ4n) is 3.11. The minimum absolute atomic E-state index is 0.00270. The third-order valence-electron chi connectivity index (χ3n) is 4.85. The molecule has 1 aromatic carbocycles. The van der Waals surface area contributed by atoms with Gasteiger partial charge < -0.3 is 16.0 Å². The third kappa shape index (κ3) is 3.93. The molecule has 0 bridgehead atoms. The Bertz CT molecular complexity index is 971. The van der Waals surface area contributed by atoms with Gasteiger partial charge in [-0.05, 0) is 18.2 Å². The maximum absolute atomic E-state index is 13.5. The number of nitrogens with two attached hydrogens (primary N) is 1. The summed E-state index contributed by atoms with van der Waals surface area (Å²) in [6.07, 6.45) is 0. The van der Waals surface area contributed by atoms with E-state index in [9.17, 15) is 27.2 Å². The third-order valence-corrected chi connectivity index (χ3v) is 5.14. The van der Waals surface area contributed by atoms with Crippen molar-refractivity contribution in [3.63, 3.8) is 0 Å². The van der Waals surface area contributed by atoms with Crippen LogP contribution in [0, 0.1) is 5.82 Å². The van der Waals surface area contributed by atoms with Gasteiger partial charge in [-0.3, -0.25) is 9.48 Å². The minimum atomic E-state index is -2.25. The number of rotatable bonds is 6. The van der Waals surface area contributed by atoms with Crippen molar-refractivity contribution in [1.29, 1.82) is 0 Å². The summed E-state index contributed by atoms with van der Waals surface area (Å²) in [7, 11) is 0. The molecule has 7 nitrogen and oxygen atoms in total. The second-order valence-corrected chi connectivity index (χ2v) is 7.33. The second-order valence-electron chi connectivity index (χ2n) is 6.92. The summed E-state index contributed by atoms with van der Waals surface area (Å²) in [4.78, 5) is 25.7. The van der Waals surface area contributed by atoms with Crippen LogP contribution in [0.25, 0.3) is 11.3 Å². The number of hydrogen-bond donors (Lipinski definition) is 2. The Balaban J connectivity index is 1.93. The molecule has 12 heteroatoms. The molecule has 3 amide bonds. The molecule has 3 N–H and O–H groups in total. The van der Waals surface area contributed by atoms with Crippen LogP contribution < -0.4 is 11.1 Å². The predicted octanol–water partition coefficient (Wildman–Crippen LogP) is 2.61. The van der Waals surface area contributed by atoms with E-state index < -0.39 is 43.3 Å². The Hall–Kier alpha value is -2.82. The van der Waals surface area contributed by atoms with E-state index in [4.69, 9.17) is 17.3 Å². The zero-order valence-corrected chi connectivity index (χ0v) is 16.4. The number of nitrogens with zero attached hydrogens (tertiary/aromatic N) is 3. The topological polar surface area (TPSA) is 93.2 Å². The van der Waals surface area contributed by atoms with Crippen molar-refractivity contribution < 1.29 is 27.2 Å². The number of aromatic nitrogens is 2. The molecule has 162 valence electrons. The quantitative estimate of drug-likeness (QED) is 0.667. The molecule has 2 heterocycles. The number of carbonyl (C=O) groups is 2. The molecule has 30 heavy (non-hydrogen) atoms. The maximum Gasteiger partial charge on any atom is 0.318 e. The van der Waals surface area contributed by atoms with Crippen molar-refractivity contribution in [2.24, 2.45) is 5.73 Å². The van der Waals surface area contributed by atoms with Crippen LogP contribution >= 0.6 is 11.6 Å². The van der Waals surface area contributed by atoms with Gasteiger partial charge in [-0.2, -0.15) is 5.10 Å². The van der Waals surface area contributed by atoms with Gasteiger partial charge >= 0.3 is 6.03 Å². The first-order valence-corrected chi connectivity index (χ1v) is 9.23. The van der Waals surface area contributed by atoms with Gasteiger partial charge in [0.2, 0.25) is 0 Å². The van der Waals surface area contributed by atoms with Crippen LogP contribution in [0.5, 0.6) is 0 Å². The highest BCUT2D eigenvalue weighted by molar-refractivity contribution is 6.31. The van der Waals surface area contributed by atoms with E-state index in [1.54, 1.807) is 0 Å². The highest BCUT2D eigenvalue weighted by Crippen LogP contribution is 2.30. The fraction of sp³-hybridized carbons (Fsp3) is 0.389. The molecule has 0 fully saturated rings. The summed E-state index contributed by atoms with van der Waals surface area (Å²) in [6.45, 7) is -4.18. The summed E-state index contributed by atoms with van der Waals surface area (Å²) in [5, 5.41) is 6.19. The lowest BCUT2D eigenvalue weighted by Crippen LogP contribution is -2.58. The number of carbonyl (C=O) groups excluding carboxylic acids is 2. The summed E-state index contributed by atoms with van der Waals surface area (Å²) in [6, 6.07) is 2.90. The SMILES string of the molecule is NC(=O)c1c(-c2ccc(F)c(Cl)c2)nn2c1CN(C(=O)NC(CF)(CF)CF)CC2. The molecule has 0 spiro atoms. The Kier molecular flexibility index (Phi) is 6.20. The van der Waals surface area contributed by atoms with Gasteiger partial charge in [-0.1, -0.05) is 11.6 Å². The molecular formula is C18H18ClF4N5O2. The summed E-state index contributed by atoms with van der Waals surface area (Å²) in [5.74, 6) is -1.48. The number of halogens is 5. The number of hydrogen-bond acceptors (Lipinski definition) is 3. The molecular weight excluding hydrogens is 430 g/mol. The first kappa shape index (κ1) is 21.9. The van der Waals surface area contributed by atoms with Crippen molar-refractivity contribution in [2.45, 2.75) is 18.6 Å². The average Bonchev–Trinajstić information content (AvgIpc) is 3.13. The Labute approximate surface area is 173 Å². The first-order chi connectivity index (χ1) is 14.2. The second kappa shape index (κ2) is 8.50. The Morgan fingerprint density at radius 1 is 1.20 bits per heavy atom. The zero-order chi connectivity index (χ0) is 22.1. The molecule has 3 rings (SSSR count). The van der Waals surface area contributed by atoms with Crippen molar-refractivity contribution in [2.75, 3.05) is 26.6 Å². The first-order valence-electron chi connectivity index (χ1n) is 8.85. The average molecular weight is 448 g/mol. The molecule has 0 saturated carbocycles. The van der Waals surface area contributed by atoms with E-state index in [1.165, 1.54) is 21.7 Å². The normalized spacial score (nSPS) is 13.8. The highest BCUT2D eigenvalue weighted by atomic mass is 35.5. The van der Waals surface area contributed by atoms with Crippen LogP contribution in [0.2, 0.25) is 5.02 Å². The van der Waals surface area contributed by atoms with Crippen LogP contribution in [0.4, 0.5) is 22.4 Å². The summed E-state index contributed by atoms with van der Waals surface area (Å²) in [5.41, 5.74) is 4.05. The highest BCUT2D eigenvalue weighted by Gasteiger charge is 2.36. The molecule has 0 radical (unpaired) electrons. The van der Waals surface area contributed by atoms with Gasteiger partial charge in [0.05, 0.1) is 29.4 Å². The zero-order valence-electron chi connectivity index (χ0n) is 15.6. The van der Waals surface area contributed by atoms with E-state index in [-0.39, 0.29) is 41.6 Å². The van der Waals surface area contributed by atoms with E-state index in [2.05, 4.69) is 5.10 Å². The van der Waals surface area contributed by atoms with Gasteiger partial charge in [0, 0.05) is 12.1 Å². The number of amides is 3. The lowest BCUT2D eigenvalue weighted by molar-refractivity contribution is 0.0996. The van der Waals surface area contributed by atoms with Crippen molar-refractivity contribution >= 4 is 23.5 Å². The van der Waals surface area contributed by atoms with Crippen molar-refractivity contribution in [3.05, 3.63) is 40.3 Å². The molecule has 0 unspecified atom stereocenters. The van der Waals surface area contributed by atoms with Gasteiger partial charge in [0.1, 0.15) is 37.1 Å². The molecule has 2 aromatic rings. The standard InChI is InChI=1S/C18H18ClF4N5O2/c19-11-5-10(1-2-12(11)23)15-14(16(24)29)13-6-27(3-4-28(13)26-15)17(30)25-18(7-20,8-21)9-22/h1-2,5H,3-4,6-9H2,(H2,24,29)(H,25,30). The number of nitrogens with one attached hydrogen (secondary N) is 1. The van der Waals surface area contributed by atoms with E-state index >= 15 is 0 Å². The number of fused-ring (bicyclic) bond motifs is 1. The number of benzene rings is 1. The predicted molar refractivity (Wildman–Crippen MR) is 101 cm³/mol. The monoisotopic (exact) mass is 447 g/mol. The summed E-state index contributed by atoms with van der Waals surface area (Å²) >= 11 is 5.81. The summed E-state index contributed by atoms with van der Waals surface area (Å²) < 4.78 is 54.2. The van der Waals surface area contributed by atoms with Crippen LogP contribution in [0.1, 0.15) is 16.1 Å². The van der Waals surface area contributed by atoms with Gasteiger partial charge in [-0.15, -0.1) is 0 Å². The fourth-order valence-corrected chi connectivity index (χ4v) is 3.29.